The van der Waals surface area contributed by atoms with Gasteiger partial charge in [0.25, 0.3) is 0 Å². The van der Waals surface area contributed by atoms with Crippen molar-refractivity contribution in [1.82, 2.24) is 10.6 Å². The molecule has 0 aromatic heterocycles. The Balaban J connectivity index is 1.88. The predicted octanol–water partition coefficient (Wildman–Crippen LogP) is 0.532. The quantitative estimate of drug-likeness (QED) is 0.451. The van der Waals surface area contributed by atoms with Crippen molar-refractivity contribution in [2.75, 3.05) is 24.6 Å². The van der Waals surface area contributed by atoms with Crippen molar-refractivity contribution in [3.05, 3.63) is 0 Å². The molecule has 0 amide bonds. The number of guanidine groups is 1. The maximum Gasteiger partial charge on any atom is 0.192 e. The van der Waals surface area contributed by atoms with Crippen LogP contribution in [0.25, 0.3) is 0 Å². The SMILES string of the molecule is C#CCNC(=NCC1CCS(=O)(=O)C1)NC1CCCC1. The Morgan fingerprint density at radius 2 is 2.05 bits per heavy atom. The standard InChI is InChI=1S/C14H23N3O2S/c1-2-8-15-14(17-13-5-3-4-6-13)16-10-12-7-9-20(18,19)11-12/h1,12-13H,3-11H2,(H2,15,16,17). The lowest BCUT2D eigenvalue weighted by Crippen LogP contribution is -2.42. The van der Waals surface area contributed by atoms with Gasteiger partial charge in [0.2, 0.25) is 0 Å². The normalized spacial score (nSPS) is 26.4. The van der Waals surface area contributed by atoms with E-state index in [1.165, 1.54) is 12.8 Å². The number of rotatable bonds is 4. The molecule has 112 valence electrons. The number of aliphatic imine (C=N–C) groups is 1. The minimum Gasteiger partial charge on any atom is -0.354 e. The number of hydrogen-bond acceptors (Lipinski definition) is 3. The third-order valence-electron chi connectivity index (χ3n) is 3.89. The van der Waals surface area contributed by atoms with Crippen molar-refractivity contribution >= 4 is 15.8 Å². The molecule has 0 aromatic rings. The minimum atomic E-state index is -2.83. The van der Waals surface area contributed by atoms with Crippen molar-refractivity contribution in [2.24, 2.45) is 10.9 Å². The summed E-state index contributed by atoms with van der Waals surface area (Å²) in [5, 5.41) is 6.48. The van der Waals surface area contributed by atoms with Crippen LogP contribution >= 0.6 is 0 Å². The summed E-state index contributed by atoms with van der Waals surface area (Å²) in [7, 11) is -2.83. The molecule has 20 heavy (non-hydrogen) atoms. The van der Waals surface area contributed by atoms with E-state index >= 15 is 0 Å². The van der Waals surface area contributed by atoms with E-state index in [9.17, 15) is 8.42 Å². The van der Waals surface area contributed by atoms with Crippen LogP contribution in [0, 0.1) is 18.3 Å². The van der Waals surface area contributed by atoms with Crippen LogP contribution in [0.2, 0.25) is 0 Å². The first-order valence-electron chi connectivity index (χ1n) is 7.28. The number of nitrogens with one attached hydrogen (secondary N) is 2. The van der Waals surface area contributed by atoms with Crippen LogP contribution in [-0.4, -0.2) is 45.0 Å². The fraction of sp³-hybridized carbons (Fsp3) is 0.786. The topological polar surface area (TPSA) is 70.6 Å². The molecule has 1 aliphatic heterocycles. The monoisotopic (exact) mass is 297 g/mol. The van der Waals surface area contributed by atoms with E-state index in [1.807, 2.05) is 0 Å². The molecule has 1 saturated carbocycles. The van der Waals surface area contributed by atoms with Gasteiger partial charge in [0.05, 0.1) is 18.1 Å². The molecule has 2 aliphatic rings. The zero-order valence-corrected chi connectivity index (χ0v) is 12.6. The van der Waals surface area contributed by atoms with E-state index < -0.39 is 9.84 Å². The van der Waals surface area contributed by atoms with Crippen molar-refractivity contribution in [3.8, 4) is 12.3 Å². The molecule has 1 heterocycles. The average molecular weight is 297 g/mol. The maximum absolute atomic E-state index is 11.4. The van der Waals surface area contributed by atoms with Gasteiger partial charge in [-0.05, 0) is 25.2 Å². The molecule has 0 radical (unpaired) electrons. The third-order valence-corrected chi connectivity index (χ3v) is 5.73. The van der Waals surface area contributed by atoms with Crippen LogP contribution in [0.3, 0.4) is 0 Å². The molecule has 2 rings (SSSR count). The summed E-state index contributed by atoms with van der Waals surface area (Å²) in [5.41, 5.74) is 0. The molecule has 1 saturated heterocycles. The van der Waals surface area contributed by atoms with Crippen molar-refractivity contribution in [2.45, 2.75) is 38.1 Å². The van der Waals surface area contributed by atoms with E-state index in [2.05, 4.69) is 21.5 Å². The lowest BCUT2D eigenvalue weighted by Gasteiger charge is -2.17. The second-order valence-corrected chi connectivity index (χ2v) is 7.87. The van der Waals surface area contributed by atoms with Gasteiger partial charge in [-0.25, -0.2) is 8.42 Å². The fourth-order valence-electron chi connectivity index (χ4n) is 2.79. The van der Waals surface area contributed by atoms with Crippen LogP contribution in [0.5, 0.6) is 0 Å². The Kier molecular flexibility index (Phi) is 5.30. The van der Waals surface area contributed by atoms with Gasteiger partial charge in [0.15, 0.2) is 15.8 Å². The first-order valence-corrected chi connectivity index (χ1v) is 9.10. The molecular weight excluding hydrogens is 274 g/mol. The highest BCUT2D eigenvalue weighted by Crippen LogP contribution is 2.19. The molecule has 0 spiro atoms. The zero-order valence-electron chi connectivity index (χ0n) is 11.8. The summed E-state index contributed by atoms with van der Waals surface area (Å²) >= 11 is 0. The van der Waals surface area contributed by atoms with Crippen molar-refractivity contribution < 1.29 is 8.42 Å². The third kappa shape index (κ3) is 4.71. The summed E-state index contributed by atoms with van der Waals surface area (Å²) < 4.78 is 22.9. The summed E-state index contributed by atoms with van der Waals surface area (Å²) in [4.78, 5) is 4.51. The second-order valence-electron chi connectivity index (χ2n) is 5.64. The Morgan fingerprint density at radius 3 is 2.65 bits per heavy atom. The van der Waals surface area contributed by atoms with Gasteiger partial charge in [0, 0.05) is 12.6 Å². The molecule has 5 nitrogen and oxygen atoms in total. The van der Waals surface area contributed by atoms with E-state index in [0.29, 0.717) is 24.9 Å². The number of sulfone groups is 1. The van der Waals surface area contributed by atoms with E-state index in [-0.39, 0.29) is 11.7 Å². The van der Waals surface area contributed by atoms with Gasteiger partial charge >= 0.3 is 0 Å². The van der Waals surface area contributed by atoms with Gasteiger partial charge in [-0.15, -0.1) is 6.42 Å². The van der Waals surface area contributed by atoms with Crippen LogP contribution in [0.15, 0.2) is 4.99 Å². The smallest absolute Gasteiger partial charge is 0.192 e. The van der Waals surface area contributed by atoms with Gasteiger partial charge < -0.3 is 10.6 Å². The van der Waals surface area contributed by atoms with Crippen LogP contribution in [-0.2, 0) is 9.84 Å². The molecule has 0 bridgehead atoms. The second kappa shape index (κ2) is 6.98. The molecule has 1 aliphatic carbocycles. The minimum absolute atomic E-state index is 0.146. The Morgan fingerprint density at radius 1 is 1.30 bits per heavy atom. The van der Waals surface area contributed by atoms with E-state index in [0.717, 1.165) is 25.2 Å². The summed E-state index contributed by atoms with van der Waals surface area (Å²) in [6.07, 6.45) is 10.8. The van der Waals surface area contributed by atoms with E-state index in [4.69, 9.17) is 6.42 Å². The average Bonchev–Trinajstić information content (AvgIpc) is 3.02. The van der Waals surface area contributed by atoms with Gasteiger partial charge in [-0.1, -0.05) is 18.8 Å². The lowest BCUT2D eigenvalue weighted by molar-refractivity contribution is 0.582. The van der Waals surface area contributed by atoms with Gasteiger partial charge in [-0.3, -0.25) is 4.99 Å². The van der Waals surface area contributed by atoms with Crippen LogP contribution in [0.1, 0.15) is 32.1 Å². The number of nitrogens with zero attached hydrogens (tertiary/aromatic N) is 1. The first-order chi connectivity index (χ1) is 9.59. The van der Waals surface area contributed by atoms with Gasteiger partial charge in [0.1, 0.15) is 0 Å². The molecule has 2 N–H and O–H groups in total. The highest BCUT2D eigenvalue weighted by molar-refractivity contribution is 7.91. The molecule has 2 fully saturated rings. The maximum atomic E-state index is 11.4. The molecule has 1 unspecified atom stereocenters. The lowest BCUT2D eigenvalue weighted by atomic mass is 10.1. The highest BCUT2D eigenvalue weighted by atomic mass is 32.2. The summed E-state index contributed by atoms with van der Waals surface area (Å²) in [6.45, 7) is 0.980. The highest BCUT2D eigenvalue weighted by Gasteiger charge is 2.27. The molecular formula is C14H23N3O2S. The summed E-state index contributed by atoms with van der Waals surface area (Å²) in [5.74, 6) is 3.97. The van der Waals surface area contributed by atoms with E-state index in [1.54, 1.807) is 0 Å². The Labute approximate surface area is 121 Å². The first kappa shape index (κ1) is 15.2. The van der Waals surface area contributed by atoms with Crippen molar-refractivity contribution in [1.29, 1.82) is 0 Å². The number of hydrogen-bond donors (Lipinski definition) is 2. The fourth-order valence-corrected chi connectivity index (χ4v) is 4.64. The predicted molar refractivity (Wildman–Crippen MR) is 81.3 cm³/mol. The van der Waals surface area contributed by atoms with Crippen LogP contribution < -0.4 is 10.6 Å². The molecule has 0 aromatic carbocycles. The number of terminal acetylenes is 1. The zero-order chi connectivity index (χ0) is 14.4. The molecule has 6 heteroatoms. The molecule has 1 atom stereocenters. The van der Waals surface area contributed by atoms with Crippen molar-refractivity contribution in [3.63, 3.8) is 0 Å². The largest absolute Gasteiger partial charge is 0.354 e. The Bertz CT molecular complexity index is 487. The summed E-state index contributed by atoms with van der Waals surface area (Å²) in [6, 6.07) is 0.464. The van der Waals surface area contributed by atoms with Gasteiger partial charge in [-0.2, -0.15) is 0 Å². The Hall–Kier alpha value is -1.22. The van der Waals surface area contributed by atoms with Crippen LogP contribution in [0.4, 0.5) is 0 Å².